The zero-order valence-electron chi connectivity index (χ0n) is 21.7. The maximum atomic E-state index is 14.0. The maximum absolute atomic E-state index is 14.0. The van der Waals surface area contributed by atoms with Gasteiger partial charge in [-0.3, -0.25) is 4.79 Å². The van der Waals surface area contributed by atoms with Crippen LogP contribution in [0.4, 0.5) is 13.2 Å². The SMILES string of the molecule is CCOc1cc(C(=O)Oc2ccc3c(=O)c(-c4ccc(Cl)cc4)c(C(F)(F)F)oc3c2)cc(OCC)c1OCC. The molecule has 0 N–H and O–H groups in total. The summed E-state index contributed by atoms with van der Waals surface area (Å²) in [5, 5.41) is 0.166. The fourth-order valence-corrected chi connectivity index (χ4v) is 4.11. The number of carbonyl (C=O) groups is 1. The van der Waals surface area contributed by atoms with Gasteiger partial charge in [0, 0.05) is 11.1 Å². The Morgan fingerprint density at radius 3 is 2.02 bits per heavy atom. The minimum absolute atomic E-state index is 0.00594. The quantitative estimate of drug-likeness (QED) is 0.150. The molecule has 4 aromatic rings. The number of benzene rings is 3. The van der Waals surface area contributed by atoms with E-state index in [0.29, 0.717) is 17.4 Å². The first-order valence-electron chi connectivity index (χ1n) is 12.3. The molecule has 0 saturated carbocycles. The average Bonchev–Trinajstić information content (AvgIpc) is 2.90. The Kier molecular flexibility index (Phi) is 8.58. The van der Waals surface area contributed by atoms with Gasteiger partial charge in [-0.15, -0.1) is 0 Å². The molecule has 0 unspecified atom stereocenters. The Bertz CT molecular complexity index is 1570. The molecule has 40 heavy (non-hydrogen) atoms. The zero-order chi connectivity index (χ0) is 29.0. The molecule has 0 aliphatic rings. The molecule has 0 saturated heterocycles. The summed E-state index contributed by atoms with van der Waals surface area (Å²) in [4.78, 5) is 26.2. The first-order chi connectivity index (χ1) is 19.1. The molecule has 0 aliphatic heterocycles. The van der Waals surface area contributed by atoms with Crippen LogP contribution in [0.3, 0.4) is 0 Å². The van der Waals surface area contributed by atoms with Crippen LogP contribution in [0.15, 0.2) is 63.8 Å². The third kappa shape index (κ3) is 6.02. The third-order valence-electron chi connectivity index (χ3n) is 5.61. The van der Waals surface area contributed by atoms with E-state index < -0.39 is 34.5 Å². The number of carbonyl (C=O) groups excluding carboxylic acids is 1. The molecule has 0 atom stereocenters. The van der Waals surface area contributed by atoms with E-state index >= 15 is 0 Å². The van der Waals surface area contributed by atoms with E-state index in [0.717, 1.165) is 6.07 Å². The molecule has 0 fully saturated rings. The highest BCUT2D eigenvalue weighted by molar-refractivity contribution is 6.30. The Balaban J connectivity index is 1.76. The Morgan fingerprint density at radius 1 is 0.875 bits per heavy atom. The molecule has 1 aromatic heterocycles. The number of ether oxygens (including phenoxy) is 4. The van der Waals surface area contributed by atoms with Gasteiger partial charge in [0.2, 0.25) is 16.9 Å². The summed E-state index contributed by atoms with van der Waals surface area (Å²) in [6.45, 7) is 6.20. The first-order valence-corrected chi connectivity index (χ1v) is 12.7. The molecule has 1 heterocycles. The molecule has 0 bridgehead atoms. The van der Waals surface area contributed by atoms with E-state index in [-0.39, 0.29) is 47.0 Å². The highest BCUT2D eigenvalue weighted by Gasteiger charge is 2.39. The molecular formula is C29H24ClF3O7. The van der Waals surface area contributed by atoms with E-state index in [1.165, 1.54) is 48.5 Å². The summed E-state index contributed by atoms with van der Waals surface area (Å²) in [5.74, 6) is -1.62. The molecule has 0 aliphatic carbocycles. The fraction of sp³-hybridized carbons (Fsp3) is 0.241. The smallest absolute Gasteiger partial charge is 0.450 e. The minimum Gasteiger partial charge on any atom is -0.490 e. The normalized spacial score (nSPS) is 11.4. The Morgan fingerprint density at radius 2 is 1.48 bits per heavy atom. The second kappa shape index (κ2) is 11.9. The number of hydrogen-bond acceptors (Lipinski definition) is 7. The first kappa shape index (κ1) is 28.8. The van der Waals surface area contributed by atoms with E-state index in [9.17, 15) is 22.8 Å². The highest BCUT2D eigenvalue weighted by Crippen LogP contribution is 2.40. The monoisotopic (exact) mass is 576 g/mol. The van der Waals surface area contributed by atoms with Crippen molar-refractivity contribution in [1.82, 2.24) is 0 Å². The molecule has 4 rings (SSSR count). The predicted octanol–water partition coefficient (Wildman–Crippen LogP) is 7.55. The van der Waals surface area contributed by atoms with Crippen LogP contribution >= 0.6 is 11.6 Å². The van der Waals surface area contributed by atoms with Gasteiger partial charge in [-0.1, -0.05) is 23.7 Å². The Hall–Kier alpha value is -4.18. The molecule has 7 nitrogen and oxygen atoms in total. The van der Waals surface area contributed by atoms with Gasteiger partial charge in [-0.25, -0.2) is 4.79 Å². The molecule has 0 radical (unpaired) electrons. The average molecular weight is 577 g/mol. The molecule has 0 amide bonds. The van der Waals surface area contributed by atoms with E-state index in [2.05, 4.69) is 0 Å². The van der Waals surface area contributed by atoms with Crippen LogP contribution in [0.1, 0.15) is 36.9 Å². The van der Waals surface area contributed by atoms with Crippen LogP contribution in [0.25, 0.3) is 22.1 Å². The van der Waals surface area contributed by atoms with Gasteiger partial charge in [0.05, 0.1) is 36.3 Å². The topological polar surface area (TPSA) is 84.2 Å². The lowest BCUT2D eigenvalue weighted by molar-refractivity contribution is -0.152. The van der Waals surface area contributed by atoms with Crippen molar-refractivity contribution in [3.8, 4) is 34.1 Å². The summed E-state index contributed by atoms with van der Waals surface area (Å²) >= 11 is 5.85. The van der Waals surface area contributed by atoms with E-state index in [4.69, 9.17) is 35.0 Å². The Labute approximate surface area is 232 Å². The lowest BCUT2D eigenvalue weighted by Gasteiger charge is -2.17. The highest BCUT2D eigenvalue weighted by atomic mass is 35.5. The third-order valence-corrected chi connectivity index (χ3v) is 5.86. The maximum Gasteiger partial charge on any atom is 0.450 e. The summed E-state index contributed by atoms with van der Waals surface area (Å²) < 4.78 is 69.4. The lowest BCUT2D eigenvalue weighted by atomic mass is 10.0. The number of esters is 1. The van der Waals surface area contributed by atoms with Crippen LogP contribution in [-0.4, -0.2) is 25.8 Å². The van der Waals surface area contributed by atoms with Crippen LogP contribution in [0.5, 0.6) is 23.0 Å². The van der Waals surface area contributed by atoms with Crippen LogP contribution in [0.2, 0.25) is 5.02 Å². The van der Waals surface area contributed by atoms with Gasteiger partial charge in [0.15, 0.2) is 11.5 Å². The van der Waals surface area contributed by atoms with Crippen molar-refractivity contribution in [3.63, 3.8) is 0 Å². The van der Waals surface area contributed by atoms with Gasteiger partial charge in [-0.05, 0) is 62.7 Å². The summed E-state index contributed by atoms with van der Waals surface area (Å²) in [5.41, 5.74) is -1.91. The number of halogens is 4. The van der Waals surface area contributed by atoms with Crippen molar-refractivity contribution in [2.75, 3.05) is 19.8 Å². The number of alkyl halides is 3. The second-order valence-corrected chi connectivity index (χ2v) is 8.72. The van der Waals surface area contributed by atoms with Crippen molar-refractivity contribution in [2.24, 2.45) is 0 Å². The molecule has 210 valence electrons. The van der Waals surface area contributed by atoms with Gasteiger partial charge in [-0.2, -0.15) is 13.2 Å². The van der Waals surface area contributed by atoms with Crippen molar-refractivity contribution < 1.29 is 41.3 Å². The van der Waals surface area contributed by atoms with E-state index in [1.807, 2.05) is 0 Å². The van der Waals surface area contributed by atoms with E-state index in [1.54, 1.807) is 20.8 Å². The summed E-state index contributed by atoms with van der Waals surface area (Å²) in [6, 6.07) is 11.8. The largest absolute Gasteiger partial charge is 0.490 e. The van der Waals surface area contributed by atoms with Gasteiger partial charge in [0.1, 0.15) is 11.3 Å². The minimum atomic E-state index is -4.98. The zero-order valence-corrected chi connectivity index (χ0v) is 22.4. The van der Waals surface area contributed by atoms with Crippen molar-refractivity contribution in [3.05, 3.63) is 81.2 Å². The van der Waals surface area contributed by atoms with Crippen LogP contribution < -0.4 is 24.4 Å². The number of fused-ring (bicyclic) bond motifs is 1. The lowest BCUT2D eigenvalue weighted by Crippen LogP contribution is -2.16. The van der Waals surface area contributed by atoms with Crippen molar-refractivity contribution in [2.45, 2.75) is 26.9 Å². The molecule has 11 heteroatoms. The second-order valence-electron chi connectivity index (χ2n) is 8.29. The number of hydrogen-bond donors (Lipinski definition) is 0. The van der Waals surface area contributed by atoms with Crippen LogP contribution in [0, 0.1) is 0 Å². The van der Waals surface area contributed by atoms with Crippen LogP contribution in [-0.2, 0) is 6.18 Å². The molecular weight excluding hydrogens is 553 g/mol. The van der Waals surface area contributed by atoms with Crippen molar-refractivity contribution in [1.29, 1.82) is 0 Å². The predicted molar refractivity (Wildman–Crippen MR) is 143 cm³/mol. The van der Waals surface area contributed by atoms with Crippen molar-refractivity contribution >= 4 is 28.5 Å². The summed E-state index contributed by atoms with van der Waals surface area (Å²) in [6.07, 6.45) is -4.98. The fourth-order valence-electron chi connectivity index (χ4n) is 3.99. The molecule has 3 aromatic carbocycles. The standard InChI is InChI=1S/C29H24ClF3O7/c1-4-36-22-13-17(14-23(37-5-2)26(22)38-6-3)28(35)39-19-11-12-20-21(15-19)40-27(29(31,32)33)24(25(20)34)16-7-9-18(30)10-8-16/h7-15H,4-6H2,1-3H3. The van der Waals surface area contributed by atoms with Gasteiger partial charge in [0.25, 0.3) is 0 Å². The van der Waals surface area contributed by atoms with Gasteiger partial charge >= 0.3 is 12.1 Å². The summed E-state index contributed by atoms with van der Waals surface area (Å²) in [7, 11) is 0. The van der Waals surface area contributed by atoms with Gasteiger partial charge < -0.3 is 23.4 Å². The molecule has 0 spiro atoms. The number of rotatable bonds is 9.